The lowest BCUT2D eigenvalue weighted by Gasteiger charge is -2.33. The van der Waals surface area contributed by atoms with E-state index in [2.05, 4.69) is 23.5 Å². The predicted octanol–water partition coefficient (Wildman–Crippen LogP) is 3.66. The van der Waals surface area contributed by atoms with E-state index in [1.54, 1.807) is 0 Å². The Bertz CT molecular complexity index is 1020. The van der Waals surface area contributed by atoms with Gasteiger partial charge in [-0.05, 0) is 67.3 Å². The highest BCUT2D eigenvalue weighted by Gasteiger charge is 2.36. The highest BCUT2D eigenvalue weighted by molar-refractivity contribution is 7.09. The maximum atomic E-state index is 13.9. The summed E-state index contributed by atoms with van der Waals surface area (Å²) < 4.78 is 3.98. The van der Waals surface area contributed by atoms with Crippen LogP contribution >= 0.6 is 11.5 Å². The van der Waals surface area contributed by atoms with Gasteiger partial charge in [0, 0.05) is 12.2 Å². The van der Waals surface area contributed by atoms with E-state index in [4.69, 9.17) is 11.5 Å². The van der Waals surface area contributed by atoms with Crippen molar-refractivity contribution in [3.05, 3.63) is 39.9 Å². The highest BCUT2D eigenvalue weighted by atomic mass is 32.1. The minimum atomic E-state index is -0.800. The Kier molecular flexibility index (Phi) is 8.99. The number of carbonyl (C=O) groups excluding carboxylic acids is 3. The molecule has 0 fully saturated rings. The molecule has 0 aliphatic carbocycles. The topological polar surface area (TPSA) is 131 Å². The van der Waals surface area contributed by atoms with Gasteiger partial charge >= 0.3 is 0 Å². The third-order valence-electron chi connectivity index (χ3n) is 5.54. The van der Waals surface area contributed by atoms with Gasteiger partial charge < -0.3 is 16.8 Å². The second-order valence-corrected chi connectivity index (χ2v) is 9.92. The fourth-order valence-corrected chi connectivity index (χ4v) is 4.27. The largest absolute Gasteiger partial charge is 0.395 e. The molecular formula is C24H35N5O3S. The van der Waals surface area contributed by atoms with Crippen LogP contribution in [0.3, 0.4) is 0 Å². The molecule has 5 N–H and O–H groups in total. The quantitative estimate of drug-likeness (QED) is 0.484. The SMILES string of the molecule is Cc1cccc(N(C(=O)c2snc(C(N)=O)c2N)C(CC(C)C)C(=O)NCCC(C)C)c1C. The lowest BCUT2D eigenvalue weighted by Crippen LogP contribution is -2.51. The van der Waals surface area contributed by atoms with Crippen molar-refractivity contribution in [1.29, 1.82) is 0 Å². The summed E-state index contributed by atoms with van der Waals surface area (Å²) in [5.74, 6) is -0.917. The maximum absolute atomic E-state index is 13.9. The van der Waals surface area contributed by atoms with E-state index in [9.17, 15) is 14.4 Å². The minimum Gasteiger partial charge on any atom is -0.395 e. The van der Waals surface area contributed by atoms with Crippen LogP contribution < -0.4 is 21.7 Å². The number of hydrogen-bond donors (Lipinski definition) is 3. The molecule has 0 spiro atoms. The van der Waals surface area contributed by atoms with Crippen LogP contribution in [-0.2, 0) is 4.79 Å². The number of amides is 3. The third-order valence-corrected chi connectivity index (χ3v) is 6.39. The van der Waals surface area contributed by atoms with E-state index in [-0.39, 0.29) is 28.1 Å². The molecule has 3 amide bonds. The Morgan fingerprint density at radius 3 is 2.33 bits per heavy atom. The van der Waals surface area contributed by atoms with Crippen LogP contribution in [0.25, 0.3) is 0 Å². The summed E-state index contributed by atoms with van der Waals surface area (Å²) in [6, 6.07) is 4.87. The molecule has 0 bridgehead atoms. The molecule has 0 aliphatic rings. The van der Waals surface area contributed by atoms with Crippen molar-refractivity contribution in [2.24, 2.45) is 17.6 Å². The van der Waals surface area contributed by atoms with E-state index in [1.165, 1.54) is 4.90 Å². The number of nitrogens with one attached hydrogen (secondary N) is 1. The van der Waals surface area contributed by atoms with E-state index < -0.39 is 17.9 Å². The standard InChI is InChI=1S/C24H35N5O3S/c1-13(2)10-11-27-23(31)18(12-14(3)4)29(17-9-7-8-15(5)16(17)6)24(32)21-19(25)20(22(26)30)28-33-21/h7-9,13-14,18H,10-12,25H2,1-6H3,(H2,26,30)(H,27,31). The van der Waals surface area contributed by atoms with Crippen LogP contribution in [0.4, 0.5) is 11.4 Å². The van der Waals surface area contributed by atoms with Crippen molar-refractivity contribution < 1.29 is 14.4 Å². The molecule has 0 saturated heterocycles. The average Bonchev–Trinajstić information content (AvgIpc) is 3.11. The summed E-state index contributed by atoms with van der Waals surface area (Å²) in [5.41, 5.74) is 13.7. The fourth-order valence-electron chi connectivity index (χ4n) is 3.53. The lowest BCUT2D eigenvalue weighted by atomic mass is 9.98. The molecule has 2 rings (SSSR count). The molecule has 2 aromatic rings. The summed E-state index contributed by atoms with van der Waals surface area (Å²) in [6.07, 6.45) is 1.29. The third kappa shape index (κ3) is 6.31. The number of primary amides is 1. The number of nitrogens with two attached hydrogens (primary N) is 2. The summed E-state index contributed by atoms with van der Waals surface area (Å²) in [5, 5.41) is 3.00. The molecule has 1 atom stereocenters. The normalized spacial score (nSPS) is 12.1. The smallest absolute Gasteiger partial charge is 0.272 e. The monoisotopic (exact) mass is 473 g/mol. The van der Waals surface area contributed by atoms with Crippen molar-refractivity contribution in [2.45, 2.75) is 60.4 Å². The van der Waals surface area contributed by atoms with E-state index in [0.717, 1.165) is 29.1 Å². The van der Waals surface area contributed by atoms with Crippen LogP contribution in [0, 0.1) is 25.7 Å². The minimum absolute atomic E-state index is 0.0590. The molecule has 1 heterocycles. The highest BCUT2D eigenvalue weighted by Crippen LogP contribution is 2.32. The Hall–Kier alpha value is -2.94. The Morgan fingerprint density at radius 1 is 1.12 bits per heavy atom. The number of carbonyl (C=O) groups is 3. The van der Waals surface area contributed by atoms with Crippen LogP contribution in [0.1, 0.15) is 71.8 Å². The number of anilines is 2. The van der Waals surface area contributed by atoms with Gasteiger partial charge in [0.2, 0.25) is 5.91 Å². The molecule has 8 nitrogen and oxygen atoms in total. The molecule has 1 aromatic carbocycles. The van der Waals surface area contributed by atoms with Gasteiger partial charge in [0.1, 0.15) is 10.9 Å². The summed E-state index contributed by atoms with van der Waals surface area (Å²) in [7, 11) is 0. The molecular weight excluding hydrogens is 438 g/mol. The van der Waals surface area contributed by atoms with Crippen molar-refractivity contribution >= 4 is 40.6 Å². The number of rotatable bonds is 10. The van der Waals surface area contributed by atoms with Gasteiger partial charge in [0.25, 0.3) is 11.8 Å². The first-order valence-electron chi connectivity index (χ1n) is 11.2. The van der Waals surface area contributed by atoms with Crippen LogP contribution in [0.15, 0.2) is 18.2 Å². The van der Waals surface area contributed by atoms with Gasteiger partial charge in [0.15, 0.2) is 5.69 Å². The summed E-state index contributed by atoms with van der Waals surface area (Å²) >= 11 is 0.817. The van der Waals surface area contributed by atoms with E-state index in [1.807, 2.05) is 45.9 Å². The number of aromatic nitrogens is 1. The van der Waals surface area contributed by atoms with E-state index >= 15 is 0 Å². The zero-order valence-electron chi connectivity index (χ0n) is 20.3. The fraction of sp³-hybridized carbons (Fsp3) is 0.500. The molecule has 1 aromatic heterocycles. The van der Waals surface area contributed by atoms with Crippen molar-refractivity contribution in [3.63, 3.8) is 0 Å². The van der Waals surface area contributed by atoms with Gasteiger partial charge in [-0.1, -0.05) is 39.8 Å². The van der Waals surface area contributed by atoms with Crippen molar-refractivity contribution in [3.8, 4) is 0 Å². The summed E-state index contributed by atoms with van der Waals surface area (Å²) in [4.78, 5) is 40.5. The second-order valence-electron chi connectivity index (χ2n) is 9.15. The maximum Gasteiger partial charge on any atom is 0.272 e. The Morgan fingerprint density at radius 2 is 1.79 bits per heavy atom. The number of nitrogens with zero attached hydrogens (tertiary/aromatic N) is 2. The van der Waals surface area contributed by atoms with Crippen LogP contribution in [0.2, 0.25) is 0 Å². The van der Waals surface area contributed by atoms with Gasteiger partial charge in [-0.2, -0.15) is 4.37 Å². The molecule has 0 aliphatic heterocycles. The zero-order chi connectivity index (χ0) is 24.9. The molecule has 0 saturated carbocycles. The summed E-state index contributed by atoms with van der Waals surface area (Å²) in [6.45, 7) is 12.6. The molecule has 180 valence electrons. The Labute approximate surface area is 199 Å². The first-order chi connectivity index (χ1) is 15.5. The molecule has 9 heteroatoms. The lowest BCUT2D eigenvalue weighted by molar-refractivity contribution is -0.122. The van der Waals surface area contributed by atoms with Crippen LogP contribution in [-0.4, -0.2) is 34.7 Å². The van der Waals surface area contributed by atoms with Gasteiger partial charge in [0.05, 0.1) is 5.69 Å². The first-order valence-corrected chi connectivity index (χ1v) is 11.9. The first kappa shape index (κ1) is 26.3. The number of benzene rings is 1. The molecule has 0 radical (unpaired) electrons. The van der Waals surface area contributed by atoms with Gasteiger partial charge in [-0.15, -0.1) is 0 Å². The molecule has 1 unspecified atom stereocenters. The average molecular weight is 474 g/mol. The number of nitrogen functional groups attached to an aromatic ring is 1. The van der Waals surface area contributed by atoms with E-state index in [0.29, 0.717) is 24.6 Å². The second kappa shape index (κ2) is 11.3. The number of hydrogen-bond acceptors (Lipinski definition) is 6. The zero-order valence-corrected chi connectivity index (χ0v) is 21.1. The van der Waals surface area contributed by atoms with Crippen molar-refractivity contribution in [1.82, 2.24) is 9.69 Å². The predicted molar refractivity (Wildman–Crippen MR) is 133 cm³/mol. The van der Waals surface area contributed by atoms with Crippen molar-refractivity contribution in [2.75, 3.05) is 17.2 Å². The van der Waals surface area contributed by atoms with Gasteiger partial charge in [-0.25, -0.2) is 0 Å². The van der Waals surface area contributed by atoms with Crippen LogP contribution in [0.5, 0.6) is 0 Å². The number of aryl methyl sites for hydroxylation is 1. The Balaban J connectivity index is 2.60. The molecule has 33 heavy (non-hydrogen) atoms. The van der Waals surface area contributed by atoms with Gasteiger partial charge in [-0.3, -0.25) is 19.3 Å².